The molecule has 0 aliphatic heterocycles. The molecular weight excluding hydrogens is 402 g/mol. The van der Waals surface area contributed by atoms with Crippen LogP contribution in [0.4, 0.5) is 0 Å². The first kappa shape index (κ1) is 21.3. The van der Waals surface area contributed by atoms with Crippen LogP contribution in [0.5, 0.6) is 0 Å². The van der Waals surface area contributed by atoms with Crippen LogP contribution in [-0.4, -0.2) is 53.3 Å². The Kier molecular flexibility index (Phi) is 7.28. The van der Waals surface area contributed by atoms with Crippen molar-refractivity contribution < 1.29 is 9.59 Å². The lowest BCUT2D eigenvalue weighted by Gasteiger charge is -2.23. The van der Waals surface area contributed by atoms with E-state index in [0.717, 1.165) is 21.2 Å². The van der Waals surface area contributed by atoms with E-state index in [-0.39, 0.29) is 18.4 Å². The molecule has 2 amide bonds. The van der Waals surface area contributed by atoms with E-state index in [9.17, 15) is 9.59 Å². The average Bonchev–Trinajstić information content (AvgIpc) is 3.16. The Bertz CT molecular complexity index is 948. The van der Waals surface area contributed by atoms with Crippen molar-refractivity contribution in [3.8, 4) is 0 Å². The number of amides is 2. The minimum atomic E-state index is -0.143. The minimum absolute atomic E-state index is 0.0327. The van der Waals surface area contributed by atoms with Crippen LogP contribution < -0.4 is 0 Å². The molecule has 3 aromatic rings. The fourth-order valence-electron chi connectivity index (χ4n) is 2.97. The molecule has 0 fully saturated rings. The van der Waals surface area contributed by atoms with Gasteiger partial charge in [0.05, 0.1) is 16.8 Å². The quantitative estimate of drug-likeness (QED) is 0.496. The topological polar surface area (TPSA) is 53.5 Å². The van der Waals surface area contributed by atoms with Crippen LogP contribution in [0.25, 0.3) is 10.2 Å². The first-order chi connectivity index (χ1) is 14.0. The third-order valence-corrected chi connectivity index (χ3v) is 6.92. The number of thioether (sulfide) groups is 1. The molecule has 0 saturated carbocycles. The highest BCUT2D eigenvalue weighted by Gasteiger charge is 2.17. The maximum absolute atomic E-state index is 12.6. The van der Waals surface area contributed by atoms with Crippen molar-refractivity contribution in [2.24, 2.45) is 0 Å². The molecule has 152 valence electrons. The highest BCUT2D eigenvalue weighted by molar-refractivity contribution is 8.00. The highest BCUT2D eigenvalue weighted by atomic mass is 32.2. The number of carbonyl (C=O) groups excluding carboxylic acids is 2. The Labute approximate surface area is 179 Å². The fourth-order valence-corrected chi connectivity index (χ4v) is 5.00. The molecule has 1 aromatic heterocycles. The van der Waals surface area contributed by atoms with Gasteiger partial charge in [0, 0.05) is 31.5 Å². The van der Waals surface area contributed by atoms with Crippen molar-refractivity contribution in [2.45, 2.75) is 23.9 Å². The summed E-state index contributed by atoms with van der Waals surface area (Å²) in [5.41, 5.74) is 2.75. The molecule has 7 heteroatoms. The SMILES string of the molecule is CCN(CC)C(=O)CN(C)C(=O)c1ccc(CSc2nc3ccccc3s2)cc1. The lowest BCUT2D eigenvalue weighted by molar-refractivity contribution is -0.131. The summed E-state index contributed by atoms with van der Waals surface area (Å²) >= 11 is 3.39. The molecule has 1 heterocycles. The number of benzene rings is 2. The molecule has 0 aliphatic carbocycles. The average molecular weight is 428 g/mol. The first-order valence-corrected chi connectivity index (χ1v) is 11.4. The fraction of sp³-hybridized carbons (Fsp3) is 0.318. The summed E-state index contributed by atoms with van der Waals surface area (Å²) in [6.45, 7) is 5.27. The predicted molar refractivity (Wildman–Crippen MR) is 121 cm³/mol. The summed E-state index contributed by atoms with van der Waals surface area (Å²) in [6, 6.07) is 15.7. The minimum Gasteiger partial charge on any atom is -0.342 e. The summed E-state index contributed by atoms with van der Waals surface area (Å²) < 4.78 is 2.24. The van der Waals surface area contributed by atoms with Crippen LogP contribution in [0.3, 0.4) is 0 Å². The van der Waals surface area contributed by atoms with E-state index < -0.39 is 0 Å². The molecular formula is C22H25N3O2S2. The second-order valence-corrected chi connectivity index (χ2v) is 8.91. The van der Waals surface area contributed by atoms with Crippen LogP contribution in [0.2, 0.25) is 0 Å². The van der Waals surface area contributed by atoms with Crippen molar-refractivity contribution in [1.29, 1.82) is 0 Å². The molecule has 0 N–H and O–H groups in total. The van der Waals surface area contributed by atoms with Gasteiger partial charge in [-0.25, -0.2) is 4.98 Å². The number of aromatic nitrogens is 1. The van der Waals surface area contributed by atoms with Crippen molar-refractivity contribution >= 4 is 45.1 Å². The third kappa shape index (κ3) is 5.36. The number of nitrogens with zero attached hydrogens (tertiary/aromatic N) is 3. The maximum atomic E-state index is 12.6. The molecule has 0 aliphatic rings. The zero-order valence-electron chi connectivity index (χ0n) is 16.9. The lowest BCUT2D eigenvalue weighted by Crippen LogP contribution is -2.41. The van der Waals surface area contributed by atoms with Crippen molar-refractivity contribution in [1.82, 2.24) is 14.8 Å². The van der Waals surface area contributed by atoms with Gasteiger partial charge >= 0.3 is 0 Å². The number of fused-ring (bicyclic) bond motifs is 1. The van der Waals surface area contributed by atoms with Gasteiger partial charge in [0.25, 0.3) is 5.91 Å². The first-order valence-electron chi connectivity index (χ1n) is 9.62. The standard InChI is InChI=1S/C22H25N3O2S2/c1-4-25(5-2)20(26)14-24(3)21(27)17-12-10-16(11-13-17)15-28-22-23-18-8-6-7-9-19(18)29-22/h6-13H,4-5,14-15H2,1-3H3. The summed E-state index contributed by atoms with van der Waals surface area (Å²) in [7, 11) is 1.67. The van der Waals surface area contributed by atoms with Gasteiger partial charge < -0.3 is 9.80 Å². The number of thiazole rings is 1. The van der Waals surface area contributed by atoms with E-state index in [4.69, 9.17) is 0 Å². The van der Waals surface area contributed by atoms with E-state index in [1.54, 1.807) is 35.0 Å². The van der Waals surface area contributed by atoms with Gasteiger partial charge in [-0.1, -0.05) is 36.0 Å². The number of carbonyl (C=O) groups is 2. The zero-order chi connectivity index (χ0) is 20.8. The Hall–Kier alpha value is -2.38. The summed E-state index contributed by atoms with van der Waals surface area (Å²) in [5, 5.41) is 0. The van der Waals surface area contributed by atoms with Crippen LogP contribution in [0, 0.1) is 0 Å². The van der Waals surface area contributed by atoms with E-state index >= 15 is 0 Å². The third-order valence-electron chi connectivity index (χ3n) is 4.67. The van der Waals surface area contributed by atoms with Gasteiger partial charge in [-0.2, -0.15) is 0 Å². The normalized spacial score (nSPS) is 10.9. The summed E-state index contributed by atoms with van der Waals surface area (Å²) in [5.74, 6) is 0.621. The Morgan fingerprint density at radius 1 is 1.03 bits per heavy atom. The van der Waals surface area contributed by atoms with Crippen LogP contribution in [-0.2, 0) is 10.5 Å². The second kappa shape index (κ2) is 9.89. The number of hydrogen-bond donors (Lipinski definition) is 0. The number of hydrogen-bond acceptors (Lipinski definition) is 5. The Balaban J connectivity index is 1.57. The summed E-state index contributed by atoms with van der Waals surface area (Å²) in [6.07, 6.45) is 0. The largest absolute Gasteiger partial charge is 0.342 e. The molecule has 0 bridgehead atoms. The van der Waals surface area contributed by atoms with Gasteiger partial charge in [0.2, 0.25) is 5.91 Å². The Morgan fingerprint density at radius 3 is 2.38 bits per heavy atom. The number of likely N-dealkylation sites (N-methyl/N-ethyl adjacent to an activating group) is 2. The van der Waals surface area contributed by atoms with Gasteiger partial charge in [-0.05, 0) is 43.7 Å². The van der Waals surface area contributed by atoms with E-state index in [1.807, 2.05) is 56.3 Å². The predicted octanol–water partition coefficient (Wildman–Crippen LogP) is 4.53. The molecule has 2 aromatic carbocycles. The zero-order valence-corrected chi connectivity index (χ0v) is 18.6. The summed E-state index contributed by atoms with van der Waals surface area (Å²) in [4.78, 5) is 32.7. The van der Waals surface area contributed by atoms with Gasteiger partial charge in [0.15, 0.2) is 4.34 Å². The molecule has 0 radical (unpaired) electrons. The van der Waals surface area contributed by atoms with Crippen LogP contribution in [0.1, 0.15) is 29.8 Å². The van der Waals surface area contributed by atoms with Crippen LogP contribution >= 0.6 is 23.1 Å². The van der Waals surface area contributed by atoms with Gasteiger partial charge in [-0.15, -0.1) is 11.3 Å². The Morgan fingerprint density at radius 2 is 1.72 bits per heavy atom. The van der Waals surface area contributed by atoms with E-state index in [2.05, 4.69) is 11.1 Å². The lowest BCUT2D eigenvalue weighted by atomic mass is 10.1. The molecule has 0 spiro atoms. The van der Waals surface area contributed by atoms with Gasteiger partial charge in [-0.3, -0.25) is 9.59 Å². The van der Waals surface area contributed by atoms with Gasteiger partial charge in [0.1, 0.15) is 0 Å². The highest BCUT2D eigenvalue weighted by Crippen LogP contribution is 2.31. The molecule has 0 saturated heterocycles. The molecule has 5 nitrogen and oxygen atoms in total. The number of para-hydroxylation sites is 1. The number of rotatable bonds is 8. The molecule has 3 rings (SSSR count). The van der Waals surface area contributed by atoms with E-state index in [0.29, 0.717) is 18.7 Å². The monoisotopic (exact) mass is 427 g/mol. The second-order valence-electron chi connectivity index (χ2n) is 6.66. The molecule has 0 unspecified atom stereocenters. The van der Waals surface area contributed by atoms with Crippen molar-refractivity contribution in [2.75, 3.05) is 26.7 Å². The van der Waals surface area contributed by atoms with Crippen molar-refractivity contribution in [3.05, 3.63) is 59.7 Å². The van der Waals surface area contributed by atoms with E-state index in [1.165, 1.54) is 9.60 Å². The maximum Gasteiger partial charge on any atom is 0.254 e. The molecule has 0 atom stereocenters. The smallest absolute Gasteiger partial charge is 0.254 e. The van der Waals surface area contributed by atoms with Crippen LogP contribution in [0.15, 0.2) is 52.9 Å². The van der Waals surface area contributed by atoms with Crippen molar-refractivity contribution in [3.63, 3.8) is 0 Å². The molecule has 29 heavy (non-hydrogen) atoms.